The van der Waals surface area contributed by atoms with Gasteiger partial charge in [0.1, 0.15) is 0 Å². The van der Waals surface area contributed by atoms with E-state index in [1.54, 1.807) is 0 Å². The molecule has 0 spiro atoms. The van der Waals surface area contributed by atoms with Crippen molar-refractivity contribution in [2.45, 2.75) is 45.4 Å². The van der Waals surface area contributed by atoms with Gasteiger partial charge >= 0.3 is 0 Å². The molecule has 1 saturated carbocycles. The zero-order valence-corrected chi connectivity index (χ0v) is 10.5. The van der Waals surface area contributed by atoms with Gasteiger partial charge < -0.3 is 5.32 Å². The van der Waals surface area contributed by atoms with Crippen LogP contribution in [0.25, 0.3) is 0 Å². The van der Waals surface area contributed by atoms with Gasteiger partial charge in [-0.2, -0.15) is 0 Å². The molecule has 0 heterocycles. The lowest BCUT2D eigenvalue weighted by Gasteiger charge is -2.36. The van der Waals surface area contributed by atoms with E-state index < -0.39 is 0 Å². The Hall–Kier alpha value is -0.300. The molecule has 0 aromatic rings. The average molecular weight is 209 g/mol. The Bertz CT molecular complexity index is 176. The Morgan fingerprint density at radius 2 is 2.13 bits per heavy atom. The molecule has 0 amide bonds. The van der Waals surface area contributed by atoms with Crippen LogP contribution in [0, 0.1) is 17.8 Å². The summed E-state index contributed by atoms with van der Waals surface area (Å²) in [7, 11) is 2.08. The fraction of sp³-hybridized carbons (Fsp3) is 0.857. The molecule has 0 saturated heterocycles. The first kappa shape index (κ1) is 12.8. The molecule has 1 aliphatic carbocycles. The first-order valence-electron chi connectivity index (χ1n) is 6.57. The highest BCUT2D eigenvalue weighted by atomic mass is 14.8. The van der Waals surface area contributed by atoms with E-state index in [9.17, 15) is 0 Å². The molecule has 0 aromatic heterocycles. The molecule has 15 heavy (non-hydrogen) atoms. The predicted molar refractivity (Wildman–Crippen MR) is 68.0 cm³/mol. The van der Waals surface area contributed by atoms with E-state index in [-0.39, 0.29) is 0 Å². The average Bonchev–Trinajstić information content (AvgIpc) is 2.28. The molecule has 1 aliphatic rings. The Balaban J connectivity index is 2.44. The Morgan fingerprint density at radius 1 is 1.33 bits per heavy atom. The third kappa shape index (κ3) is 3.98. The summed E-state index contributed by atoms with van der Waals surface area (Å²) in [5.74, 6) is 2.85. The van der Waals surface area contributed by atoms with Crippen molar-refractivity contribution in [3.05, 3.63) is 12.7 Å². The van der Waals surface area contributed by atoms with Gasteiger partial charge in [0.25, 0.3) is 0 Å². The molecule has 0 radical (unpaired) electrons. The van der Waals surface area contributed by atoms with Gasteiger partial charge in [0.05, 0.1) is 0 Å². The van der Waals surface area contributed by atoms with Crippen molar-refractivity contribution >= 4 is 0 Å². The summed E-state index contributed by atoms with van der Waals surface area (Å²) in [4.78, 5) is 0. The predicted octanol–water partition coefficient (Wildman–Crippen LogP) is 3.61. The van der Waals surface area contributed by atoms with Gasteiger partial charge in [-0.3, -0.25) is 0 Å². The van der Waals surface area contributed by atoms with Crippen LogP contribution in [-0.2, 0) is 0 Å². The van der Waals surface area contributed by atoms with E-state index in [0.717, 1.165) is 17.8 Å². The second-order valence-corrected chi connectivity index (χ2v) is 5.03. The minimum atomic E-state index is 0.915. The van der Waals surface area contributed by atoms with Gasteiger partial charge in [0.2, 0.25) is 0 Å². The zero-order valence-electron chi connectivity index (χ0n) is 10.5. The summed E-state index contributed by atoms with van der Waals surface area (Å²) in [6.07, 6.45) is 10.3. The first-order valence-corrected chi connectivity index (χ1v) is 6.57. The van der Waals surface area contributed by atoms with E-state index in [1.165, 1.54) is 45.1 Å². The van der Waals surface area contributed by atoms with Crippen LogP contribution in [0.15, 0.2) is 12.7 Å². The van der Waals surface area contributed by atoms with E-state index in [1.807, 2.05) is 0 Å². The molecule has 0 bridgehead atoms. The van der Waals surface area contributed by atoms with E-state index in [2.05, 4.69) is 31.9 Å². The minimum absolute atomic E-state index is 0.915. The molecule has 3 unspecified atom stereocenters. The lowest BCUT2D eigenvalue weighted by Crippen LogP contribution is -2.31. The molecule has 1 fully saturated rings. The maximum atomic E-state index is 3.84. The number of hydrogen-bond donors (Lipinski definition) is 1. The van der Waals surface area contributed by atoms with Gasteiger partial charge in [0.15, 0.2) is 0 Å². The zero-order chi connectivity index (χ0) is 11.1. The molecule has 3 atom stereocenters. The van der Waals surface area contributed by atoms with Gasteiger partial charge in [-0.1, -0.05) is 25.8 Å². The van der Waals surface area contributed by atoms with Crippen molar-refractivity contribution in [3.8, 4) is 0 Å². The quantitative estimate of drug-likeness (QED) is 0.659. The Morgan fingerprint density at radius 3 is 2.73 bits per heavy atom. The van der Waals surface area contributed by atoms with Crippen LogP contribution in [0.1, 0.15) is 45.4 Å². The lowest BCUT2D eigenvalue weighted by molar-refractivity contribution is 0.166. The molecule has 1 rings (SSSR count). The highest BCUT2D eigenvalue weighted by Crippen LogP contribution is 2.37. The van der Waals surface area contributed by atoms with E-state index in [4.69, 9.17) is 0 Å². The molecule has 1 heteroatoms. The number of hydrogen-bond acceptors (Lipinski definition) is 1. The van der Waals surface area contributed by atoms with Crippen LogP contribution < -0.4 is 5.32 Å². The molecule has 1 N–H and O–H groups in total. The summed E-state index contributed by atoms with van der Waals surface area (Å²) in [6.45, 7) is 7.39. The summed E-state index contributed by atoms with van der Waals surface area (Å²) in [5, 5.41) is 3.35. The number of nitrogens with one attached hydrogen (secondary N) is 1. The van der Waals surface area contributed by atoms with Crippen molar-refractivity contribution in [3.63, 3.8) is 0 Å². The van der Waals surface area contributed by atoms with Crippen LogP contribution >= 0.6 is 0 Å². The SMILES string of the molecule is C=CCCC1CC(CC)CCC1CNC. The van der Waals surface area contributed by atoms with Crippen molar-refractivity contribution < 1.29 is 0 Å². The smallest absolute Gasteiger partial charge is 0.00209 e. The molecule has 1 nitrogen and oxygen atoms in total. The molecular formula is C14H27N. The standard InChI is InChI=1S/C14H27N/c1-4-6-7-13-10-12(5-2)8-9-14(13)11-15-3/h4,12-15H,1,5-11H2,2-3H3. The van der Waals surface area contributed by atoms with Crippen LogP contribution in [0.3, 0.4) is 0 Å². The monoisotopic (exact) mass is 209 g/mol. The number of rotatable bonds is 6. The second-order valence-electron chi connectivity index (χ2n) is 5.03. The molecule has 0 aliphatic heterocycles. The number of allylic oxidation sites excluding steroid dienone is 1. The van der Waals surface area contributed by atoms with Crippen LogP contribution in [0.5, 0.6) is 0 Å². The van der Waals surface area contributed by atoms with Crippen molar-refractivity contribution in [2.75, 3.05) is 13.6 Å². The highest BCUT2D eigenvalue weighted by Gasteiger charge is 2.28. The third-order valence-corrected chi connectivity index (χ3v) is 4.03. The van der Waals surface area contributed by atoms with Crippen molar-refractivity contribution in [2.24, 2.45) is 17.8 Å². The van der Waals surface area contributed by atoms with Crippen LogP contribution in [-0.4, -0.2) is 13.6 Å². The first-order chi connectivity index (χ1) is 7.31. The molecule has 0 aromatic carbocycles. The van der Waals surface area contributed by atoms with Gasteiger partial charge in [0, 0.05) is 0 Å². The topological polar surface area (TPSA) is 12.0 Å². The highest BCUT2D eigenvalue weighted by molar-refractivity contribution is 4.82. The normalized spacial score (nSPS) is 31.5. The summed E-state index contributed by atoms with van der Waals surface area (Å²) in [6, 6.07) is 0. The fourth-order valence-electron chi connectivity index (χ4n) is 3.01. The maximum absolute atomic E-state index is 3.84. The summed E-state index contributed by atoms with van der Waals surface area (Å²) in [5.41, 5.74) is 0. The third-order valence-electron chi connectivity index (χ3n) is 4.03. The van der Waals surface area contributed by atoms with Gasteiger partial charge in [-0.05, 0) is 57.0 Å². The Labute approximate surface area is 95.3 Å². The maximum Gasteiger partial charge on any atom is -0.00209 e. The van der Waals surface area contributed by atoms with E-state index in [0.29, 0.717) is 0 Å². The largest absolute Gasteiger partial charge is 0.319 e. The van der Waals surface area contributed by atoms with Gasteiger partial charge in [-0.25, -0.2) is 0 Å². The van der Waals surface area contributed by atoms with Crippen molar-refractivity contribution in [1.29, 1.82) is 0 Å². The molecular weight excluding hydrogens is 182 g/mol. The van der Waals surface area contributed by atoms with Crippen LogP contribution in [0.2, 0.25) is 0 Å². The minimum Gasteiger partial charge on any atom is -0.319 e. The second kappa shape index (κ2) is 7.05. The lowest BCUT2D eigenvalue weighted by atomic mass is 9.71. The molecule has 88 valence electrons. The van der Waals surface area contributed by atoms with Crippen molar-refractivity contribution in [1.82, 2.24) is 5.32 Å². The summed E-state index contributed by atoms with van der Waals surface area (Å²) < 4.78 is 0. The fourth-order valence-corrected chi connectivity index (χ4v) is 3.01. The van der Waals surface area contributed by atoms with Crippen LogP contribution in [0.4, 0.5) is 0 Å². The summed E-state index contributed by atoms with van der Waals surface area (Å²) >= 11 is 0. The van der Waals surface area contributed by atoms with E-state index >= 15 is 0 Å². The van der Waals surface area contributed by atoms with Gasteiger partial charge in [-0.15, -0.1) is 6.58 Å². The Kier molecular flexibility index (Phi) is 6.00.